The summed E-state index contributed by atoms with van der Waals surface area (Å²) >= 11 is 13.1. The second-order valence-electron chi connectivity index (χ2n) is 9.20. The molecule has 0 aliphatic rings. The Labute approximate surface area is 210 Å². The van der Waals surface area contributed by atoms with Gasteiger partial charge in [0.15, 0.2) is 0 Å². The summed E-state index contributed by atoms with van der Waals surface area (Å²) in [7, 11) is 0. The van der Waals surface area contributed by atoms with Gasteiger partial charge in [-0.15, -0.1) is 6.58 Å². The second kappa shape index (κ2) is 11.0. The fraction of sp³-hybridized carbons (Fsp3) is 0.280. The normalized spacial score (nSPS) is 12.9. The molecule has 1 heterocycles. The van der Waals surface area contributed by atoms with Gasteiger partial charge in [0.25, 0.3) is 0 Å². The highest BCUT2D eigenvalue weighted by Gasteiger charge is 2.20. The van der Waals surface area contributed by atoms with E-state index in [0.717, 1.165) is 23.2 Å². The van der Waals surface area contributed by atoms with Gasteiger partial charge in [-0.05, 0) is 29.2 Å². The number of fused-ring (bicyclic) bond motifs is 1. The van der Waals surface area contributed by atoms with Crippen LogP contribution < -0.4 is 22.2 Å². The largest absolute Gasteiger partial charge is 0.399 e. The van der Waals surface area contributed by atoms with Gasteiger partial charge in [0.1, 0.15) is 12.1 Å². The first-order chi connectivity index (χ1) is 16.1. The minimum Gasteiger partial charge on any atom is -0.399 e. The minimum absolute atomic E-state index is 0.0743. The third-order valence-corrected chi connectivity index (χ3v) is 5.63. The number of hydrogen-bond donors (Lipinski definition) is 4. The third-order valence-electron chi connectivity index (χ3n) is 4.99. The maximum atomic E-state index is 6.62. The van der Waals surface area contributed by atoms with Crippen LogP contribution in [-0.4, -0.2) is 28.1 Å². The lowest BCUT2D eigenvalue weighted by molar-refractivity contribution is 0.432. The zero-order valence-electron chi connectivity index (χ0n) is 19.6. The van der Waals surface area contributed by atoms with Crippen molar-refractivity contribution in [2.24, 2.45) is 17.0 Å². The van der Waals surface area contributed by atoms with E-state index < -0.39 is 6.04 Å². The van der Waals surface area contributed by atoms with Crippen LogP contribution in [0.5, 0.6) is 0 Å². The number of nitrogens with two attached hydrogens (primary N) is 2. The Bertz CT molecular complexity index is 1190. The Morgan fingerprint density at radius 3 is 2.59 bits per heavy atom. The number of anilines is 2. The molecule has 7 nitrogen and oxygen atoms in total. The van der Waals surface area contributed by atoms with Gasteiger partial charge in [-0.1, -0.05) is 68.2 Å². The van der Waals surface area contributed by atoms with Crippen molar-refractivity contribution in [3.8, 4) is 0 Å². The molecule has 0 amide bonds. The van der Waals surface area contributed by atoms with Gasteiger partial charge in [-0.25, -0.2) is 15.8 Å². The van der Waals surface area contributed by atoms with Crippen LogP contribution in [0.3, 0.4) is 0 Å². The maximum Gasteiger partial charge on any atom is 0.137 e. The molecule has 3 aromatic rings. The average Bonchev–Trinajstić information content (AvgIpc) is 2.76. The highest BCUT2D eigenvalue weighted by Crippen LogP contribution is 2.34. The van der Waals surface area contributed by atoms with Crippen molar-refractivity contribution >= 4 is 45.6 Å². The van der Waals surface area contributed by atoms with Crippen molar-refractivity contribution < 1.29 is 0 Å². The molecule has 0 aliphatic heterocycles. The van der Waals surface area contributed by atoms with Crippen LogP contribution in [-0.2, 0) is 0 Å². The Hall–Kier alpha value is -3.00. The number of nitrogens with one attached hydrogen (secondary N) is 2. The summed E-state index contributed by atoms with van der Waals surface area (Å²) in [5.41, 5.74) is 9.24. The molecule has 0 spiro atoms. The second-order valence-corrected chi connectivity index (χ2v) is 10.0. The standard InChI is InChI=1S/C25H31Cl2N7/c1-5-10-34(29)13-21(28)23(17-8-6-7-9-19(17)26)33-16-11-18-22(20(27)12-16)31-15-32-24(18)30-14-25(2,3)4/h5-9,11-13,15,23,33H,1,10,14,28-29H2,2-4H3,(H,30,31,32)/b21-13-. The molecule has 1 aromatic heterocycles. The number of benzene rings is 2. The van der Waals surface area contributed by atoms with Crippen molar-refractivity contribution in [2.75, 3.05) is 23.7 Å². The predicted molar refractivity (Wildman–Crippen MR) is 144 cm³/mol. The first-order valence-electron chi connectivity index (χ1n) is 10.9. The van der Waals surface area contributed by atoms with Crippen LogP contribution in [0.1, 0.15) is 32.4 Å². The molecule has 9 heteroatoms. The molecule has 0 radical (unpaired) electrons. The first kappa shape index (κ1) is 25.6. The van der Waals surface area contributed by atoms with Crippen LogP contribution in [0.2, 0.25) is 10.0 Å². The summed E-state index contributed by atoms with van der Waals surface area (Å²) < 4.78 is 0. The number of hydrazine groups is 1. The summed E-state index contributed by atoms with van der Waals surface area (Å²) in [6.07, 6.45) is 4.86. The molecule has 2 aromatic carbocycles. The Kier molecular flexibility index (Phi) is 8.25. The number of aromatic nitrogens is 2. The van der Waals surface area contributed by atoms with E-state index in [1.165, 1.54) is 11.3 Å². The quantitative estimate of drug-likeness (QED) is 0.169. The average molecular weight is 500 g/mol. The van der Waals surface area contributed by atoms with E-state index in [1.807, 2.05) is 36.4 Å². The van der Waals surface area contributed by atoms with E-state index in [-0.39, 0.29) is 5.41 Å². The smallest absolute Gasteiger partial charge is 0.137 e. The molecule has 1 atom stereocenters. The predicted octanol–water partition coefficient (Wildman–Crippen LogP) is 5.71. The molecule has 34 heavy (non-hydrogen) atoms. The topological polar surface area (TPSA) is 105 Å². The molecule has 6 N–H and O–H groups in total. The van der Waals surface area contributed by atoms with E-state index in [0.29, 0.717) is 33.6 Å². The molecular formula is C25H31Cl2N7. The van der Waals surface area contributed by atoms with Gasteiger partial charge in [0, 0.05) is 28.8 Å². The van der Waals surface area contributed by atoms with Crippen molar-refractivity contribution in [3.05, 3.63) is 82.9 Å². The van der Waals surface area contributed by atoms with Crippen LogP contribution in [0, 0.1) is 5.41 Å². The van der Waals surface area contributed by atoms with Gasteiger partial charge in [0.2, 0.25) is 0 Å². The maximum absolute atomic E-state index is 6.62. The molecule has 0 aliphatic carbocycles. The van der Waals surface area contributed by atoms with Crippen molar-refractivity contribution in [1.82, 2.24) is 15.0 Å². The van der Waals surface area contributed by atoms with Crippen LogP contribution in [0.25, 0.3) is 10.9 Å². The number of hydrogen-bond acceptors (Lipinski definition) is 7. The molecule has 180 valence electrons. The summed E-state index contributed by atoms with van der Waals surface area (Å²) in [6, 6.07) is 10.8. The molecule has 0 saturated heterocycles. The zero-order chi connectivity index (χ0) is 24.9. The van der Waals surface area contributed by atoms with Gasteiger partial charge < -0.3 is 21.4 Å². The van der Waals surface area contributed by atoms with E-state index in [2.05, 4.69) is 48.0 Å². The van der Waals surface area contributed by atoms with Crippen LogP contribution in [0.15, 0.2) is 67.3 Å². The molecule has 3 rings (SSSR count). The summed E-state index contributed by atoms with van der Waals surface area (Å²) in [4.78, 5) is 8.81. The van der Waals surface area contributed by atoms with Crippen molar-refractivity contribution in [1.29, 1.82) is 0 Å². The van der Waals surface area contributed by atoms with Crippen molar-refractivity contribution in [3.63, 3.8) is 0 Å². The van der Waals surface area contributed by atoms with E-state index in [1.54, 1.807) is 12.3 Å². The molecule has 0 bridgehead atoms. The number of halogens is 2. The van der Waals surface area contributed by atoms with Gasteiger partial charge in [-0.2, -0.15) is 0 Å². The van der Waals surface area contributed by atoms with Gasteiger partial charge >= 0.3 is 0 Å². The van der Waals surface area contributed by atoms with E-state index in [4.69, 9.17) is 34.8 Å². The number of nitrogens with zero attached hydrogens (tertiary/aromatic N) is 3. The lowest BCUT2D eigenvalue weighted by Crippen LogP contribution is -2.29. The minimum atomic E-state index is -0.464. The molecule has 0 fully saturated rings. The van der Waals surface area contributed by atoms with Crippen molar-refractivity contribution in [2.45, 2.75) is 26.8 Å². The van der Waals surface area contributed by atoms with Gasteiger partial charge in [-0.3, -0.25) is 0 Å². The highest BCUT2D eigenvalue weighted by molar-refractivity contribution is 6.35. The molecule has 0 saturated carbocycles. The number of rotatable bonds is 9. The highest BCUT2D eigenvalue weighted by atomic mass is 35.5. The van der Waals surface area contributed by atoms with Gasteiger partial charge in [0.05, 0.1) is 28.8 Å². The SMILES string of the molecule is C=CCN(N)/C=C(\N)C(Nc1cc(Cl)c2ncnc(NCC(C)(C)C)c2c1)c1ccccc1Cl. The van der Waals surface area contributed by atoms with E-state index in [9.17, 15) is 0 Å². The summed E-state index contributed by atoms with van der Waals surface area (Å²) in [5, 5.41) is 10.2. The molecule has 1 unspecified atom stereocenters. The third kappa shape index (κ3) is 6.53. The summed E-state index contributed by atoms with van der Waals surface area (Å²) in [6.45, 7) is 11.3. The zero-order valence-corrected chi connectivity index (χ0v) is 21.2. The van der Waals surface area contributed by atoms with Crippen LogP contribution >= 0.6 is 23.2 Å². The fourth-order valence-corrected chi connectivity index (χ4v) is 3.90. The Morgan fingerprint density at radius 1 is 1.18 bits per heavy atom. The van der Waals surface area contributed by atoms with Crippen LogP contribution in [0.4, 0.5) is 11.5 Å². The Morgan fingerprint density at radius 2 is 1.91 bits per heavy atom. The van der Waals surface area contributed by atoms with E-state index >= 15 is 0 Å². The lowest BCUT2D eigenvalue weighted by atomic mass is 9.97. The first-order valence-corrected chi connectivity index (χ1v) is 11.6. The molecular weight excluding hydrogens is 469 g/mol. The summed E-state index contributed by atoms with van der Waals surface area (Å²) in [5.74, 6) is 6.73. The lowest BCUT2D eigenvalue weighted by Gasteiger charge is -2.24. The monoisotopic (exact) mass is 499 g/mol. The Balaban J connectivity index is 2.05. The fourth-order valence-electron chi connectivity index (χ4n) is 3.38.